The van der Waals surface area contributed by atoms with E-state index in [9.17, 15) is 0 Å². The molecule has 4 heteroatoms. The fourth-order valence-electron chi connectivity index (χ4n) is 1.71. The van der Waals surface area contributed by atoms with Crippen LogP contribution in [0.1, 0.15) is 58.4 Å². The molecule has 1 aromatic rings. The summed E-state index contributed by atoms with van der Waals surface area (Å²) in [6.45, 7) is 9.77. The minimum absolute atomic E-state index is 0.453. The smallest absolute Gasteiger partial charge is 0.133 e. The fraction of sp³-hybridized carbons (Fsp3) is 0.714. The van der Waals surface area contributed by atoms with Gasteiger partial charge in [0.25, 0.3) is 0 Å². The Kier molecular flexibility index (Phi) is 7.09. The number of unbranched alkanes of at least 4 members (excludes halogenated alkanes) is 1. The molecule has 1 heterocycles. The molecule has 1 aromatic heterocycles. The van der Waals surface area contributed by atoms with Crippen LogP contribution < -0.4 is 5.32 Å². The Balaban J connectivity index is 2.87. The lowest BCUT2D eigenvalue weighted by Gasteiger charge is -2.16. The Bertz CT molecular complexity index is 353. The summed E-state index contributed by atoms with van der Waals surface area (Å²) in [7, 11) is 0. The quantitative estimate of drug-likeness (QED) is 0.432. The summed E-state index contributed by atoms with van der Waals surface area (Å²) in [5.41, 5.74) is 1.27. The van der Waals surface area contributed by atoms with E-state index >= 15 is 0 Å². The zero-order valence-electron chi connectivity index (χ0n) is 12.0. The zero-order valence-corrected chi connectivity index (χ0v) is 12.8. The van der Waals surface area contributed by atoms with Crippen molar-refractivity contribution in [1.82, 2.24) is 9.97 Å². The van der Waals surface area contributed by atoms with E-state index in [1.807, 2.05) is 11.8 Å². The van der Waals surface area contributed by atoms with Crippen molar-refractivity contribution in [2.24, 2.45) is 0 Å². The highest BCUT2D eigenvalue weighted by atomic mass is 32.2. The van der Waals surface area contributed by atoms with Crippen molar-refractivity contribution in [3.05, 3.63) is 11.9 Å². The minimum Gasteiger partial charge on any atom is -0.370 e. The van der Waals surface area contributed by atoms with Crippen LogP contribution in [0.4, 0.5) is 5.82 Å². The van der Waals surface area contributed by atoms with E-state index in [1.54, 1.807) is 6.33 Å². The summed E-state index contributed by atoms with van der Waals surface area (Å²) >= 11 is 1.86. The molecule has 0 fully saturated rings. The molecule has 102 valence electrons. The van der Waals surface area contributed by atoms with Gasteiger partial charge in [-0.25, -0.2) is 9.97 Å². The van der Waals surface area contributed by atoms with Gasteiger partial charge in [-0.05, 0) is 24.5 Å². The van der Waals surface area contributed by atoms with Crippen molar-refractivity contribution in [2.75, 3.05) is 17.6 Å². The van der Waals surface area contributed by atoms with E-state index in [4.69, 9.17) is 0 Å². The Morgan fingerprint density at radius 2 is 2.00 bits per heavy atom. The molecular weight excluding hydrogens is 242 g/mol. The first-order valence-electron chi connectivity index (χ1n) is 6.92. The van der Waals surface area contributed by atoms with Gasteiger partial charge in [0, 0.05) is 12.1 Å². The third-order valence-electron chi connectivity index (χ3n) is 2.70. The van der Waals surface area contributed by atoms with Gasteiger partial charge in [-0.2, -0.15) is 0 Å². The highest BCUT2D eigenvalue weighted by molar-refractivity contribution is 7.99. The molecule has 0 aromatic carbocycles. The first-order chi connectivity index (χ1) is 8.70. The number of anilines is 1. The highest BCUT2D eigenvalue weighted by Gasteiger charge is 2.14. The van der Waals surface area contributed by atoms with Gasteiger partial charge in [-0.15, -0.1) is 11.8 Å². The summed E-state index contributed by atoms with van der Waals surface area (Å²) < 4.78 is 0. The van der Waals surface area contributed by atoms with Crippen LogP contribution in [0, 0.1) is 0 Å². The van der Waals surface area contributed by atoms with Crippen molar-refractivity contribution < 1.29 is 0 Å². The number of rotatable bonds is 8. The number of nitrogens with zero attached hydrogens (tertiary/aromatic N) is 2. The van der Waals surface area contributed by atoms with Gasteiger partial charge in [0.05, 0.1) is 0 Å². The third kappa shape index (κ3) is 4.48. The van der Waals surface area contributed by atoms with Crippen molar-refractivity contribution in [1.29, 1.82) is 0 Å². The molecule has 0 aliphatic rings. The summed E-state index contributed by atoms with van der Waals surface area (Å²) in [4.78, 5) is 8.84. The van der Waals surface area contributed by atoms with Crippen LogP contribution in [0.15, 0.2) is 11.4 Å². The molecule has 0 bridgehead atoms. The fourth-order valence-corrected chi connectivity index (χ4v) is 2.95. The largest absolute Gasteiger partial charge is 0.370 e. The second kappa shape index (κ2) is 8.35. The Morgan fingerprint density at radius 1 is 1.22 bits per heavy atom. The Hall–Kier alpha value is -0.770. The molecule has 0 aliphatic heterocycles. The number of aromatic nitrogens is 2. The molecule has 0 saturated heterocycles. The first kappa shape index (κ1) is 15.3. The monoisotopic (exact) mass is 267 g/mol. The van der Waals surface area contributed by atoms with Gasteiger partial charge >= 0.3 is 0 Å². The number of hydrogen-bond donors (Lipinski definition) is 1. The molecule has 0 radical (unpaired) electrons. The van der Waals surface area contributed by atoms with Crippen LogP contribution in [-0.4, -0.2) is 22.3 Å². The lowest BCUT2D eigenvalue weighted by atomic mass is 10.1. The Labute approximate surface area is 115 Å². The molecule has 18 heavy (non-hydrogen) atoms. The van der Waals surface area contributed by atoms with Gasteiger partial charge < -0.3 is 5.32 Å². The second-order valence-electron chi connectivity index (χ2n) is 4.72. The predicted molar refractivity (Wildman–Crippen MR) is 80.5 cm³/mol. The van der Waals surface area contributed by atoms with Gasteiger partial charge in [0.15, 0.2) is 0 Å². The zero-order chi connectivity index (χ0) is 13.4. The summed E-state index contributed by atoms with van der Waals surface area (Å²) in [5.74, 6) is 2.61. The Morgan fingerprint density at radius 3 is 2.61 bits per heavy atom. The van der Waals surface area contributed by atoms with Crippen LogP contribution in [-0.2, 0) is 0 Å². The summed E-state index contributed by atoms with van der Waals surface area (Å²) in [6.07, 6.45) is 5.26. The van der Waals surface area contributed by atoms with Crippen LogP contribution in [0.2, 0.25) is 0 Å². The average molecular weight is 267 g/mol. The molecule has 3 nitrogen and oxygen atoms in total. The first-order valence-corrected chi connectivity index (χ1v) is 7.90. The molecule has 1 N–H and O–H groups in total. The van der Waals surface area contributed by atoms with Crippen LogP contribution in [0.3, 0.4) is 0 Å². The van der Waals surface area contributed by atoms with Crippen LogP contribution in [0.5, 0.6) is 0 Å². The molecule has 0 saturated carbocycles. The molecule has 0 spiro atoms. The van der Waals surface area contributed by atoms with Crippen LogP contribution >= 0.6 is 11.8 Å². The van der Waals surface area contributed by atoms with E-state index < -0.39 is 0 Å². The lowest BCUT2D eigenvalue weighted by Crippen LogP contribution is -2.08. The SMILES string of the molecule is CCCCSc1ncnc(NCCC)c1C(C)C. The maximum Gasteiger partial charge on any atom is 0.133 e. The van der Waals surface area contributed by atoms with Gasteiger partial charge in [-0.1, -0.05) is 34.1 Å². The number of thioether (sulfide) groups is 1. The highest BCUT2D eigenvalue weighted by Crippen LogP contribution is 2.31. The molecule has 0 atom stereocenters. The normalized spacial score (nSPS) is 10.9. The summed E-state index contributed by atoms with van der Waals surface area (Å²) in [5, 5.41) is 4.56. The number of nitrogens with one attached hydrogen (secondary N) is 1. The molecular formula is C14H25N3S. The average Bonchev–Trinajstić information content (AvgIpc) is 2.36. The van der Waals surface area contributed by atoms with Crippen molar-refractivity contribution in [3.8, 4) is 0 Å². The molecule has 0 unspecified atom stereocenters. The molecule has 0 amide bonds. The molecule has 0 aliphatic carbocycles. The van der Waals surface area contributed by atoms with Crippen molar-refractivity contribution in [2.45, 2.75) is 57.9 Å². The lowest BCUT2D eigenvalue weighted by molar-refractivity contribution is 0.798. The van der Waals surface area contributed by atoms with Crippen molar-refractivity contribution in [3.63, 3.8) is 0 Å². The predicted octanol–water partition coefficient (Wildman–Crippen LogP) is 4.31. The van der Waals surface area contributed by atoms with E-state index in [-0.39, 0.29) is 0 Å². The van der Waals surface area contributed by atoms with E-state index in [2.05, 4.69) is 43.0 Å². The maximum atomic E-state index is 4.45. The standard InChI is InChI=1S/C14H25N3S/c1-5-7-9-18-14-12(11(3)4)13(15-8-6-2)16-10-17-14/h10-11H,5-9H2,1-4H3,(H,15,16,17). The third-order valence-corrected chi connectivity index (χ3v) is 3.80. The van der Waals surface area contributed by atoms with E-state index in [1.165, 1.54) is 18.4 Å². The van der Waals surface area contributed by atoms with Crippen molar-refractivity contribution >= 4 is 17.6 Å². The minimum atomic E-state index is 0.453. The second-order valence-corrected chi connectivity index (χ2v) is 5.81. The number of hydrogen-bond acceptors (Lipinski definition) is 4. The van der Waals surface area contributed by atoms with Crippen LogP contribution in [0.25, 0.3) is 0 Å². The molecule has 1 rings (SSSR count). The van der Waals surface area contributed by atoms with Gasteiger partial charge in [-0.3, -0.25) is 0 Å². The van der Waals surface area contributed by atoms with Gasteiger partial charge in [0.2, 0.25) is 0 Å². The topological polar surface area (TPSA) is 37.8 Å². The van der Waals surface area contributed by atoms with E-state index in [0.717, 1.165) is 29.6 Å². The van der Waals surface area contributed by atoms with E-state index in [0.29, 0.717) is 5.92 Å². The maximum absolute atomic E-state index is 4.45. The van der Waals surface area contributed by atoms with Gasteiger partial charge in [0.1, 0.15) is 17.2 Å². The summed E-state index contributed by atoms with van der Waals surface area (Å²) in [6, 6.07) is 0.